The highest BCUT2D eigenvalue weighted by atomic mass is 32.1. The molecule has 0 amide bonds. The van der Waals surface area contributed by atoms with E-state index in [0.717, 1.165) is 25.2 Å². The highest BCUT2D eigenvalue weighted by Gasteiger charge is 2.09. The van der Waals surface area contributed by atoms with Crippen molar-refractivity contribution >= 4 is 11.3 Å². The first-order valence-electron chi connectivity index (χ1n) is 6.02. The number of rotatable bonds is 7. The van der Waals surface area contributed by atoms with E-state index >= 15 is 0 Å². The highest BCUT2D eigenvalue weighted by molar-refractivity contribution is 7.09. The zero-order valence-electron chi connectivity index (χ0n) is 10.5. The van der Waals surface area contributed by atoms with Gasteiger partial charge in [-0.25, -0.2) is 4.98 Å². The molecule has 2 atom stereocenters. The summed E-state index contributed by atoms with van der Waals surface area (Å²) < 4.78 is 0. The van der Waals surface area contributed by atoms with E-state index in [2.05, 4.69) is 29.5 Å². The van der Waals surface area contributed by atoms with Gasteiger partial charge in [0.15, 0.2) is 0 Å². The lowest BCUT2D eigenvalue weighted by Crippen LogP contribution is -2.24. The molecule has 0 radical (unpaired) electrons. The molecule has 0 aromatic carbocycles. The molecule has 1 heterocycles. The zero-order valence-corrected chi connectivity index (χ0v) is 11.3. The predicted octanol–water partition coefficient (Wildman–Crippen LogP) is 2.48. The topological polar surface area (TPSA) is 50.9 Å². The molecule has 0 saturated carbocycles. The average Bonchev–Trinajstić information content (AvgIpc) is 2.71. The summed E-state index contributed by atoms with van der Waals surface area (Å²) in [5.74, 6) is 0.651. The van der Waals surface area contributed by atoms with Gasteiger partial charge < -0.3 is 11.1 Å². The lowest BCUT2D eigenvalue weighted by Gasteiger charge is -2.15. The molecule has 0 spiro atoms. The van der Waals surface area contributed by atoms with Crippen molar-refractivity contribution in [2.24, 2.45) is 11.7 Å². The van der Waals surface area contributed by atoms with E-state index in [1.165, 1.54) is 11.4 Å². The van der Waals surface area contributed by atoms with Crippen molar-refractivity contribution in [3.05, 3.63) is 16.1 Å². The van der Waals surface area contributed by atoms with Crippen LogP contribution in [0.3, 0.4) is 0 Å². The van der Waals surface area contributed by atoms with Crippen molar-refractivity contribution in [2.75, 3.05) is 13.1 Å². The maximum absolute atomic E-state index is 5.68. The Hall–Kier alpha value is -0.450. The number of nitrogens with one attached hydrogen (secondary N) is 1. The molecule has 92 valence electrons. The average molecular weight is 241 g/mol. The Labute approximate surface area is 102 Å². The molecule has 3 nitrogen and oxygen atoms in total. The van der Waals surface area contributed by atoms with Crippen molar-refractivity contribution in [3.63, 3.8) is 0 Å². The smallest absolute Gasteiger partial charge is 0.110 e. The van der Waals surface area contributed by atoms with Gasteiger partial charge in [-0.2, -0.15) is 0 Å². The van der Waals surface area contributed by atoms with E-state index in [-0.39, 0.29) is 0 Å². The second-order valence-corrected chi connectivity index (χ2v) is 5.19. The Morgan fingerprint density at radius 1 is 1.56 bits per heavy atom. The fourth-order valence-corrected chi connectivity index (χ4v) is 2.48. The number of aryl methyl sites for hydroxylation is 1. The Morgan fingerprint density at radius 2 is 2.31 bits per heavy atom. The monoisotopic (exact) mass is 241 g/mol. The molecule has 0 aliphatic rings. The van der Waals surface area contributed by atoms with Crippen molar-refractivity contribution < 1.29 is 0 Å². The van der Waals surface area contributed by atoms with Crippen LogP contribution in [0.1, 0.15) is 43.4 Å². The van der Waals surface area contributed by atoms with E-state index < -0.39 is 0 Å². The summed E-state index contributed by atoms with van der Waals surface area (Å²) in [5.41, 5.74) is 6.79. The van der Waals surface area contributed by atoms with E-state index in [1.54, 1.807) is 11.3 Å². The molecule has 0 fully saturated rings. The standard InChI is InChI=1S/C12H23N3S/c1-4-11(7-13)5-6-14-10(3)12-15-9(2)8-16-12/h8,10-11,14H,4-7,13H2,1-3H3. The largest absolute Gasteiger partial charge is 0.330 e. The Kier molecular flexibility index (Phi) is 5.95. The first-order chi connectivity index (χ1) is 7.67. The lowest BCUT2D eigenvalue weighted by atomic mass is 10.0. The van der Waals surface area contributed by atoms with Gasteiger partial charge >= 0.3 is 0 Å². The third-order valence-corrected chi connectivity index (χ3v) is 4.07. The Bertz CT molecular complexity index is 294. The molecular weight excluding hydrogens is 218 g/mol. The molecule has 0 bridgehead atoms. The van der Waals surface area contributed by atoms with Crippen LogP contribution in [0.4, 0.5) is 0 Å². The van der Waals surface area contributed by atoms with Crippen LogP contribution in [0.2, 0.25) is 0 Å². The van der Waals surface area contributed by atoms with Crippen molar-refractivity contribution in [3.8, 4) is 0 Å². The van der Waals surface area contributed by atoms with Gasteiger partial charge in [0.2, 0.25) is 0 Å². The second-order valence-electron chi connectivity index (χ2n) is 4.30. The number of aromatic nitrogens is 1. The number of hydrogen-bond acceptors (Lipinski definition) is 4. The Balaban J connectivity index is 2.27. The molecule has 1 aromatic rings. The first kappa shape index (κ1) is 13.6. The highest BCUT2D eigenvalue weighted by Crippen LogP contribution is 2.17. The van der Waals surface area contributed by atoms with Gasteiger partial charge in [0, 0.05) is 11.1 Å². The molecule has 0 aliphatic carbocycles. The molecule has 3 N–H and O–H groups in total. The molecular formula is C12H23N3S. The number of nitrogens with zero attached hydrogens (tertiary/aromatic N) is 1. The molecule has 1 rings (SSSR count). The summed E-state index contributed by atoms with van der Waals surface area (Å²) >= 11 is 1.73. The van der Waals surface area contributed by atoms with Crippen molar-refractivity contribution in [1.29, 1.82) is 0 Å². The minimum absolute atomic E-state index is 0.356. The van der Waals surface area contributed by atoms with Crippen LogP contribution in [-0.2, 0) is 0 Å². The SMILES string of the molecule is CCC(CN)CCNC(C)c1nc(C)cs1. The second kappa shape index (κ2) is 6.99. The van der Waals surface area contributed by atoms with Crippen molar-refractivity contribution in [1.82, 2.24) is 10.3 Å². The number of nitrogens with two attached hydrogens (primary N) is 1. The van der Waals surface area contributed by atoms with Crippen molar-refractivity contribution in [2.45, 2.75) is 39.7 Å². The third kappa shape index (κ3) is 4.20. The van der Waals surface area contributed by atoms with Crippen LogP contribution >= 0.6 is 11.3 Å². The van der Waals surface area contributed by atoms with Crippen LogP contribution in [0.15, 0.2) is 5.38 Å². The fraction of sp³-hybridized carbons (Fsp3) is 0.750. The minimum atomic E-state index is 0.356. The van der Waals surface area contributed by atoms with Crippen LogP contribution < -0.4 is 11.1 Å². The van der Waals surface area contributed by atoms with Gasteiger partial charge in [0.1, 0.15) is 5.01 Å². The summed E-state index contributed by atoms with van der Waals surface area (Å²) in [4.78, 5) is 4.48. The quantitative estimate of drug-likeness (QED) is 0.771. The number of hydrogen-bond donors (Lipinski definition) is 2. The zero-order chi connectivity index (χ0) is 12.0. The normalized spacial score (nSPS) is 15.0. The molecule has 0 saturated heterocycles. The van der Waals surface area contributed by atoms with E-state index in [4.69, 9.17) is 5.73 Å². The summed E-state index contributed by atoms with van der Waals surface area (Å²) in [6.45, 7) is 8.22. The van der Waals surface area contributed by atoms with Crippen LogP contribution in [-0.4, -0.2) is 18.1 Å². The van der Waals surface area contributed by atoms with Gasteiger partial charge in [0.05, 0.1) is 6.04 Å². The first-order valence-corrected chi connectivity index (χ1v) is 6.90. The summed E-state index contributed by atoms with van der Waals surface area (Å²) in [6.07, 6.45) is 2.32. The predicted molar refractivity (Wildman–Crippen MR) is 70.7 cm³/mol. The lowest BCUT2D eigenvalue weighted by molar-refractivity contribution is 0.441. The van der Waals surface area contributed by atoms with Crippen LogP contribution in [0.5, 0.6) is 0 Å². The van der Waals surface area contributed by atoms with Crippen LogP contribution in [0.25, 0.3) is 0 Å². The maximum atomic E-state index is 5.68. The Morgan fingerprint density at radius 3 is 2.81 bits per heavy atom. The van der Waals surface area contributed by atoms with Gasteiger partial charge in [-0.05, 0) is 39.3 Å². The molecule has 4 heteroatoms. The van der Waals surface area contributed by atoms with Gasteiger partial charge in [-0.1, -0.05) is 13.3 Å². The molecule has 0 aliphatic heterocycles. The fourth-order valence-electron chi connectivity index (χ4n) is 1.65. The molecule has 1 aromatic heterocycles. The minimum Gasteiger partial charge on any atom is -0.330 e. The van der Waals surface area contributed by atoms with Crippen LogP contribution in [0, 0.1) is 12.8 Å². The van der Waals surface area contributed by atoms with Gasteiger partial charge in [-0.3, -0.25) is 0 Å². The summed E-state index contributed by atoms with van der Waals surface area (Å²) in [7, 11) is 0. The summed E-state index contributed by atoms with van der Waals surface area (Å²) in [6, 6.07) is 0.356. The summed E-state index contributed by atoms with van der Waals surface area (Å²) in [5, 5.41) is 6.78. The van der Waals surface area contributed by atoms with E-state index in [1.807, 2.05) is 6.92 Å². The third-order valence-electron chi connectivity index (χ3n) is 2.92. The molecule has 16 heavy (non-hydrogen) atoms. The number of thiazole rings is 1. The van der Waals surface area contributed by atoms with Gasteiger partial charge in [0.25, 0.3) is 0 Å². The van der Waals surface area contributed by atoms with Gasteiger partial charge in [-0.15, -0.1) is 11.3 Å². The molecule has 2 unspecified atom stereocenters. The van der Waals surface area contributed by atoms with E-state index in [0.29, 0.717) is 12.0 Å². The van der Waals surface area contributed by atoms with E-state index in [9.17, 15) is 0 Å². The maximum Gasteiger partial charge on any atom is 0.110 e.